The molecule has 0 spiro atoms. The van der Waals surface area contributed by atoms with Gasteiger partial charge in [0, 0.05) is 0 Å². The van der Waals surface area contributed by atoms with Gasteiger partial charge < -0.3 is 14.2 Å². The van der Waals surface area contributed by atoms with E-state index in [1.807, 2.05) is 0 Å². The Hall–Kier alpha value is -0.120. The van der Waals surface area contributed by atoms with Crippen molar-refractivity contribution in [3.8, 4) is 0 Å². The van der Waals surface area contributed by atoms with E-state index in [9.17, 15) is 0 Å². The highest BCUT2D eigenvalue weighted by atomic mass is 16.8. The number of hydrogen-bond donors (Lipinski definition) is 0. The summed E-state index contributed by atoms with van der Waals surface area (Å²) in [6.07, 6.45) is 41.7. The summed E-state index contributed by atoms with van der Waals surface area (Å²) in [5.74, 6) is 0. The third kappa shape index (κ3) is 30.9. The van der Waals surface area contributed by atoms with Gasteiger partial charge in [-0.2, -0.15) is 0 Å². The predicted octanol–water partition coefficient (Wildman–Crippen LogP) is 15.0. The smallest absolute Gasteiger partial charge is 0.161 e. The van der Waals surface area contributed by atoms with Crippen molar-refractivity contribution in [3.63, 3.8) is 0 Å². The van der Waals surface area contributed by atoms with Gasteiger partial charge in [-0.15, -0.1) is 0 Å². The first-order chi connectivity index (χ1) is 22.1. The van der Waals surface area contributed by atoms with Crippen LogP contribution in [0.4, 0.5) is 0 Å². The molecular weight excluding hydrogens is 552 g/mol. The zero-order valence-corrected chi connectivity index (χ0v) is 32.2. The summed E-state index contributed by atoms with van der Waals surface area (Å²) in [5, 5.41) is 0. The quantitative estimate of drug-likeness (QED) is 0.0497. The SMILES string of the molecule is CCCCCCCCCCCCCC(OC(CCC)CCC)OC(CCCCCCCCCCCCC)OC(CCC)CCC. The second kappa shape index (κ2) is 36.7. The highest BCUT2D eigenvalue weighted by Gasteiger charge is 2.23. The van der Waals surface area contributed by atoms with Crippen LogP contribution in [0.2, 0.25) is 0 Å². The van der Waals surface area contributed by atoms with Crippen LogP contribution in [0.5, 0.6) is 0 Å². The van der Waals surface area contributed by atoms with Crippen molar-refractivity contribution < 1.29 is 14.2 Å². The minimum atomic E-state index is -0.131. The minimum Gasteiger partial charge on any atom is -0.349 e. The van der Waals surface area contributed by atoms with E-state index in [1.165, 1.54) is 167 Å². The zero-order chi connectivity index (χ0) is 33.1. The van der Waals surface area contributed by atoms with Crippen LogP contribution in [0, 0.1) is 0 Å². The molecule has 3 nitrogen and oxygen atoms in total. The Morgan fingerprint density at radius 3 is 0.733 bits per heavy atom. The van der Waals surface area contributed by atoms with Crippen LogP contribution in [-0.2, 0) is 14.2 Å². The van der Waals surface area contributed by atoms with Crippen LogP contribution in [-0.4, -0.2) is 24.8 Å². The molecule has 3 heteroatoms. The van der Waals surface area contributed by atoms with Crippen LogP contribution in [0.25, 0.3) is 0 Å². The first kappa shape index (κ1) is 44.9. The lowest BCUT2D eigenvalue weighted by atomic mass is 10.0. The molecule has 0 aliphatic rings. The van der Waals surface area contributed by atoms with Gasteiger partial charge in [-0.25, -0.2) is 0 Å². The number of ether oxygens (including phenoxy) is 3. The molecule has 0 rings (SSSR count). The third-order valence-electron chi connectivity index (χ3n) is 9.52. The molecule has 0 aromatic rings. The van der Waals surface area contributed by atoms with Crippen molar-refractivity contribution in [2.75, 3.05) is 0 Å². The molecule has 0 fully saturated rings. The van der Waals surface area contributed by atoms with Crippen molar-refractivity contribution in [3.05, 3.63) is 0 Å². The lowest BCUT2D eigenvalue weighted by molar-refractivity contribution is -0.275. The maximum absolute atomic E-state index is 6.84. The van der Waals surface area contributed by atoms with Crippen LogP contribution in [0.3, 0.4) is 0 Å². The average Bonchev–Trinajstić information content (AvgIpc) is 3.02. The Balaban J connectivity index is 4.90. The summed E-state index contributed by atoms with van der Waals surface area (Å²) in [5.41, 5.74) is 0. The fourth-order valence-electron chi connectivity index (χ4n) is 6.73. The Morgan fingerprint density at radius 2 is 0.489 bits per heavy atom. The van der Waals surface area contributed by atoms with Crippen molar-refractivity contribution in [1.29, 1.82) is 0 Å². The normalized spacial score (nSPS) is 13.3. The van der Waals surface area contributed by atoms with E-state index in [1.54, 1.807) is 0 Å². The molecule has 0 aromatic heterocycles. The summed E-state index contributed by atoms with van der Waals surface area (Å²) in [6.45, 7) is 13.7. The Labute approximate surface area is 285 Å². The molecule has 0 heterocycles. The second-order valence-electron chi connectivity index (χ2n) is 14.3. The maximum Gasteiger partial charge on any atom is 0.161 e. The van der Waals surface area contributed by atoms with Gasteiger partial charge in [-0.1, -0.05) is 196 Å². The van der Waals surface area contributed by atoms with Crippen LogP contribution in [0.15, 0.2) is 0 Å². The van der Waals surface area contributed by atoms with E-state index in [0.29, 0.717) is 12.2 Å². The van der Waals surface area contributed by atoms with Crippen molar-refractivity contribution in [2.24, 2.45) is 0 Å². The molecule has 272 valence electrons. The van der Waals surface area contributed by atoms with Gasteiger partial charge in [0.2, 0.25) is 0 Å². The molecule has 2 atom stereocenters. The van der Waals surface area contributed by atoms with E-state index in [4.69, 9.17) is 14.2 Å². The van der Waals surface area contributed by atoms with Crippen molar-refractivity contribution in [2.45, 2.75) is 272 Å². The number of rotatable bonds is 38. The summed E-state index contributed by atoms with van der Waals surface area (Å²) in [4.78, 5) is 0. The van der Waals surface area contributed by atoms with E-state index >= 15 is 0 Å². The molecule has 0 saturated heterocycles. The standard InChI is InChI=1S/C42H86O3/c1-7-13-15-17-19-21-23-25-27-29-31-37-41(43-39(33-9-3)34-10-4)45-42(44-40(35-11-5)36-12-6)38-32-30-28-26-24-22-20-18-16-14-8-2/h39-42H,7-38H2,1-6H3. The van der Waals surface area contributed by atoms with E-state index in [2.05, 4.69) is 41.5 Å². The highest BCUT2D eigenvalue weighted by molar-refractivity contribution is 4.64. The van der Waals surface area contributed by atoms with Crippen LogP contribution in [0.1, 0.15) is 247 Å². The fraction of sp³-hybridized carbons (Fsp3) is 1.00. The lowest BCUT2D eigenvalue weighted by Gasteiger charge is -2.31. The number of hydrogen-bond acceptors (Lipinski definition) is 3. The summed E-state index contributed by atoms with van der Waals surface area (Å²) >= 11 is 0. The molecule has 0 radical (unpaired) electrons. The first-order valence-electron chi connectivity index (χ1n) is 21.1. The first-order valence-corrected chi connectivity index (χ1v) is 21.1. The van der Waals surface area contributed by atoms with Crippen LogP contribution >= 0.6 is 0 Å². The van der Waals surface area contributed by atoms with Gasteiger partial charge in [0.25, 0.3) is 0 Å². The Kier molecular flexibility index (Phi) is 36.6. The topological polar surface area (TPSA) is 27.7 Å². The van der Waals surface area contributed by atoms with E-state index in [-0.39, 0.29) is 12.6 Å². The lowest BCUT2D eigenvalue weighted by Crippen LogP contribution is -2.33. The van der Waals surface area contributed by atoms with Gasteiger partial charge in [0.15, 0.2) is 12.6 Å². The van der Waals surface area contributed by atoms with E-state index < -0.39 is 0 Å². The molecule has 0 N–H and O–H groups in total. The third-order valence-corrected chi connectivity index (χ3v) is 9.52. The van der Waals surface area contributed by atoms with E-state index in [0.717, 1.165) is 38.5 Å². The van der Waals surface area contributed by atoms with Crippen molar-refractivity contribution >= 4 is 0 Å². The Bertz CT molecular complexity index is 480. The minimum absolute atomic E-state index is 0.131. The van der Waals surface area contributed by atoms with Crippen LogP contribution < -0.4 is 0 Å². The van der Waals surface area contributed by atoms with Gasteiger partial charge in [-0.05, 0) is 51.4 Å². The molecule has 0 aliphatic heterocycles. The molecule has 0 aliphatic carbocycles. The maximum atomic E-state index is 6.84. The summed E-state index contributed by atoms with van der Waals surface area (Å²) < 4.78 is 20.4. The second-order valence-corrected chi connectivity index (χ2v) is 14.3. The summed E-state index contributed by atoms with van der Waals surface area (Å²) in [6, 6.07) is 0. The molecule has 2 unspecified atom stereocenters. The number of unbranched alkanes of at least 4 members (excludes halogenated alkanes) is 20. The molecular formula is C42H86O3. The molecule has 45 heavy (non-hydrogen) atoms. The predicted molar refractivity (Wildman–Crippen MR) is 200 cm³/mol. The van der Waals surface area contributed by atoms with Gasteiger partial charge in [0.1, 0.15) is 0 Å². The molecule has 0 bridgehead atoms. The fourth-order valence-corrected chi connectivity index (χ4v) is 6.73. The van der Waals surface area contributed by atoms with Gasteiger partial charge >= 0.3 is 0 Å². The monoisotopic (exact) mass is 639 g/mol. The average molecular weight is 639 g/mol. The molecule has 0 amide bonds. The summed E-state index contributed by atoms with van der Waals surface area (Å²) in [7, 11) is 0. The zero-order valence-electron chi connectivity index (χ0n) is 32.2. The highest BCUT2D eigenvalue weighted by Crippen LogP contribution is 2.24. The van der Waals surface area contributed by atoms with Gasteiger partial charge in [0.05, 0.1) is 12.2 Å². The molecule has 0 aromatic carbocycles. The largest absolute Gasteiger partial charge is 0.349 e. The van der Waals surface area contributed by atoms with Gasteiger partial charge in [-0.3, -0.25) is 0 Å². The Morgan fingerprint density at radius 1 is 0.244 bits per heavy atom. The van der Waals surface area contributed by atoms with Crippen molar-refractivity contribution in [1.82, 2.24) is 0 Å². The molecule has 0 saturated carbocycles.